The molecule has 0 heteroatoms. The van der Waals surface area contributed by atoms with Crippen molar-refractivity contribution in [2.24, 2.45) is 0 Å². The van der Waals surface area contributed by atoms with Crippen molar-refractivity contribution < 1.29 is 0 Å². The summed E-state index contributed by atoms with van der Waals surface area (Å²) in [5.41, 5.74) is 12.1. The third-order valence-corrected chi connectivity index (χ3v) is 9.35. The third-order valence-electron chi connectivity index (χ3n) is 9.35. The first kappa shape index (κ1) is 24.1. The first-order chi connectivity index (χ1) is 20.1. The Morgan fingerprint density at radius 3 is 2.07 bits per heavy atom. The van der Waals surface area contributed by atoms with Gasteiger partial charge < -0.3 is 0 Å². The van der Waals surface area contributed by atoms with Crippen molar-refractivity contribution in [2.75, 3.05) is 0 Å². The number of benzene rings is 6. The predicted octanol–water partition coefficient (Wildman–Crippen LogP) is 11.2. The van der Waals surface area contributed by atoms with Crippen molar-refractivity contribution in [3.8, 4) is 33.4 Å². The van der Waals surface area contributed by atoms with E-state index in [1.54, 1.807) is 0 Å². The normalized spacial score (nSPS) is 16.7. The molecule has 0 radical (unpaired) electrons. The first-order valence-electron chi connectivity index (χ1n) is 14.7. The Morgan fingerprint density at radius 1 is 0.561 bits per heavy atom. The first-order valence-corrected chi connectivity index (χ1v) is 14.7. The number of fused-ring (bicyclic) bond motifs is 7. The molecule has 41 heavy (non-hydrogen) atoms. The van der Waals surface area contributed by atoms with Crippen molar-refractivity contribution in [3.63, 3.8) is 0 Å². The highest BCUT2D eigenvalue weighted by Gasteiger charge is 2.38. The molecule has 0 saturated heterocycles. The molecule has 0 bridgehead atoms. The topological polar surface area (TPSA) is 0 Å². The average molecular weight is 525 g/mol. The van der Waals surface area contributed by atoms with Crippen LogP contribution in [0.15, 0.2) is 140 Å². The predicted molar refractivity (Wildman–Crippen MR) is 176 cm³/mol. The van der Waals surface area contributed by atoms with Crippen LogP contribution < -0.4 is 0 Å². The Hall–Kier alpha value is -4.68. The Balaban J connectivity index is 1.43. The zero-order valence-corrected chi connectivity index (χ0v) is 23.6. The van der Waals surface area contributed by atoms with E-state index in [1.165, 1.54) is 71.6 Å². The summed E-state index contributed by atoms with van der Waals surface area (Å²) < 4.78 is 0. The van der Waals surface area contributed by atoms with Gasteiger partial charge >= 0.3 is 0 Å². The fourth-order valence-electron chi connectivity index (χ4n) is 7.23. The van der Waals surface area contributed by atoms with Crippen molar-refractivity contribution in [1.29, 1.82) is 0 Å². The second-order valence-corrected chi connectivity index (χ2v) is 12.1. The van der Waals surface area contributed by atoms with Crippen LogP contribution in [0.4, 0.5) is 0 Å². The second-order valence-electron chi connectivity index (χ2n) is 12.1. The number of allylic oxidation sites excluding steroid dienone is 4. The van der Waals surface area contributed by atoms with E-state index in [2.05, 4.69) is 153 Å². The summed E-state index contributed by atoms with van der Waals surface area (Å²) in [5, 5.41) is 5.31. The maximum absolute atomic E-state index is 2.51. The molecule has 6 aromatic carbocycles. The van der Waals surface area contributed by atoms with Crippen LogP contribution in [-0.4, -0.2) is 0 Å². The Kier molecular flexibility index (Phi) is 5.41. The number of rotatable bonds is 3. The van der Waals surface area contributed by atoms with E-state index < -0.39 is 0 Å². The molecular weight excluding hydrogens is 492 g/mol. The van der Waals surface area contributed by atoms with Gasteiger partial charge in [-0.1, -0.05) is 141 Å². The zero-order valence-electron chi connectivity index (χ0n) is 23.6. The smallest absolute Gasteiger partial charge is 0.0159 e. The van der Waals surface area contributed by atoms with Crippen LogP contribution in [0.1, 0.15) is 42.9 Å². The maximum atomic E-state index is 2.51. The van der Waals surface area contributed by atoms with E-state index in [0.29, 0.717) is 5.92 Å². The summed E-state index contributed by atoms with van der Waals surface area (Å²) in [4.78, 5) is 0. The van der Waals surface area contributed by atoms with E-state index in [4.69, 9.17) is 0 Å². The molecule has 2 aliphatic rings. The number of hydrogen-bond acceptors (Lipinski definition) is 0. The van der Waals surface area contributed by atoms with Gasteiger partial charge in [0.2, 0.25) is 0 Å². The van der Waals surface area contributed by atoms with Crippen LogP contribution in [0, 0.1) is 0 Å². The molecule has 0 heterocycles. The van der Waals surface area contributed by atoms with Gasteiger partial charge in [0, 0.05) is 11.3 Å². The molecule has 1 unspecified atom stereocenters. The standard InChI is InChI=1S/C41H32/c1-41(2)37-22-21-29-17-9-10-18-33(29)39(37)40-35-20-12-11-19-34(35)36(26-38(40)41)32-24-30(27-13-5-3-6-14-27)23-31(25-32)28-15-7-4-8-16-28/h3-15,17-26,28H,16H2,1-2H3. The van der Waals surface area contributed by atoms with Gasteiger partial charge in [-0.15, -0.1) is 0 Å². The van der Waals surface area contributed by atoms with E-state index in [1.807, 2.05) is 0 Å². The molecule has 0 fully saturated rings. The maximum Gasteiger partial charge on any atom is 0.0159 e. The Bertz CT molecular complexity index is 2040. The molecule has 0 amide bonds. The fourth-order valence-corrected chi connectivity index (χ4v) is 7.23. The van der Waals surface area contributed by atoms with Crippen LogP contribution in [0.3, 0.4) is 0 Å². The summed E-state index contributed by atoms with van der Waals surface area (Å²) in [6.45, 7) is 4.80. The molecule has 6 aromatic rings. The van der Waals surface area contributed by atoms with Crippen LogP contribution in [0.5, 0.6) is 0 Å². The molecule has 2 aliphatic carbocycles. The lowest BCUT2D eigenvalue weighted by Crippen LogP contribution is -2.15. The zero-order chi connectivity index (χ0) is 27.6. The molecule has 0 aliphatic heterocycles. The van der Waals surface area contributed by atoms with Gasteiger partial charge in [0.15, 0.2) is 0 Å². The minimum atomic E-state index is -0.0930. The van der Waals surface area contributed by atoms with Gasteiger partial charge in [-0.25, -0.2) is 0 Å². The second kappa shape index (κ2) is 9.18. The molecule has 1 atom stereocenters. The summed E-state index contributed by atoms with van der Waals surface area (Å²) >= 11 is 0. The molecule has 196 valence electrons. The lowest BCUT2D eigenvalue weighted by Gasteiger charge is -2.23. The number of hydrogen-bond donors (Lipinski definition) is 0. The van der Waals surface area contributed by atoms with E-state index >= 15 is 0 Å². The summed E-state index contributed by atoms with van der Waals surface area (Å²) in [7, 11) is 0. The lowest BCUT2D eigenvalue weighted by atomic mass is 9.80. The Labute approximate surface area is 242 Å². The highest BCUT2D eigenvalue weighted by atomic mass is 14.4. The van der Waals surface area contributed by atoms with Crippen molar-refractivity contribution in [2.45, 2.75) is 31.6 Å². The molecular formula is C41H32. The van der Waals surface area contributed by atoms with Crippen molar-refractivity contribution in [1.82, 2.24) is 0 Å². The van der Waals surface area contributed by atoms with Gasteiger partial charge in [-0.05, 0) is 90.2 Å². The van der Waals surface area contributed by atoms with Gasteiger partial charge in [0.1, 0.15) is 0 Å². The monoisotopic (exact) mass is 524 g/mol. The minimum Gasteiger partial charge on any atom is -0.0836 e. The van der Waals surface area contributed by atoms with Gasteiger partial charge in [-0.3, -0.25) is 0 Å². The van der Waals surface area contributed by atoms with Crippen LogP contribution in [-0.2, 0) is 5.41 Å². The molecule has 0 spiro atoms. The quantitative estimate of drug-likeness (QED) is 0.216. The summed E-state index contributed by atoms with van der Waals surface area (Å²) in [6.07, 6.45) is 10.0. The van der Waals surface area contributed by atoms with E-state index in [9.17, 15) is 0 Å². The van der Waals surface area contributed by atoms with Crippen LogP contribution >= 0.6 is 0 Å². The average Bonchev–Trinajstić information content (AvgIpc) is 3.28. The summed E-state index contributed by atoms with van der Waals surface area (Å²) in [6, 6.07) is 43.2. The molecule has 0 nitrogen and oxygen atoms in total. The molecule has 0 aromatic heterocycles. The molecule has 8 rings (SSSR count). The van der Waals surface area contributed by atoms with E-state index in [0.717, 1.165) is 6.42 Å². The third kappa shape index (κ3) is 3.75. The van der Waals surface area contributed by atoms with Gasteiger partial charge in [-0.2, -0.15) is 0 Å². The van der Waals surface area contributed by atoms with E-state index in [-0.39, 0.29) is 5.41 Å². The SMILES string of the molecule is CC1(C)c2ccc3ccccc3c2-c2c1cc(-c1cc(-c3ccccc3)cc(C3C=CC=CC3)c1)c1ccccc21. The fraction of sp³-hybridized carbons (Fsp3) is 0.122. The molecule has 0 saturated carbocycles. The van der Waals surface area contributed by atoms with Crippen molar-refractivity contribution >= 4 is 21.5 Å². The Morgan fingerprint density at radius 2 is 1.27 bits per heavy atom. The largest absolute Gasteiger partial charge is 0.0836 e. The van der Waals surface area contributed by atoms with Crippen molar-refractivity contribution in [3.05, 3.63) is 156 Å². The van der Waals surface area contributed by atoms with Gasteiger partial charge in [0.05, 0.1) is 0 Å². The highest BCUT2D eigenvalue weighted by Crippen LogP contribution is 2.55. The van der Waals surface area contributed by atoms with Gasteiger partial charge in [0.25, 0.3) is 0 Å². The highest BCUT2D eigenvalue weighted by molar-refractivity contribution is 6.14. The van der Waals surface area contributed by atoms with Crippen LogP contribution in [0.2, 0.25) is 0 Å². The van der Waals surface area contributed by atoms with Crippen LogP contribution in [0.25, 0.3) is 54.9 Å². The molecule has 0 N–H and O–H groups in total. The minimum absolute atomic E-state index is 0.0930. The lowest BCUT2D eigenvalue weighted by molar-refractivity contribution is 0.661. The summed E-state index contributed by atoms with van der Waals surface area (Å²) in [5.74, 6) is 0.384.